The number of amides is 1. The summed E-state index contributed by atoms with van der Waals surface area (Å²) in [6, 6.07) is 24.5. The lowest BCUT2D eigenvalue weighted by Crippen LogP contribution is -2.52. The monoisotopic (exact) mass is 595 g/mol. The highest BCUT2D eigenvalue weighted by Gasteiger charge is 2.41. The van der Waals surface area contributed by atoms with Crippen LogP contribution in [0.4, 0.5) is 4.79 Å². The van der Waals surface area contributed by atoms with Crippen molar-refractivity contribution < 1.29 is 9.53 Å². The molecule has 0 radical (unpaired) electrons. The number of nitrogens with one attached hydrogen (secondary N) is 1. The highest BCUT2D eigenvalue weighted by atomic mass is 79.9. The molecule has 1 aliphatic rings. The molecule has 6 rings (SSSR count). The average Bonchev–Trinajstić information content (AvgIpc) is 3.29. The van der Waals surface area contributed by atoms with E-state index >= 15 is 0 Å². The molecule has 1 saturated carbocycles. The van der Waals surface area contributed by atoms with E-state index < -0.39 is 11.1 Å². The second-order valence-electron chi connectivity index (χ2n) is 11.2. The summed E-state index contributed by atoms with van der Waals surface area (Å²) in [6.45, 7) is 5.63. The van der Waals surface area contributed by atoms with E-state index in [1.165, 1.54) is 0 Å². The van der Waals surface area contributed by atoms with E-state index in [0.717, 1.165) is 64.1 Å². The van der Waals surface area contributed by atoms with Crippen LogP contribution in [0.1, 0.15) is 45.6 Å². The van der Waals surface area contributed by atoms with Crippen LogP contribution in [0.5, 0.6) is 0 Å². The Hall–Kier alpha value is -4.04. The molecule has 7 nitrogen and oxygen atoms in total. The molecule has 8 heteroatoms. The maximum Gasteiger partial charge on any atom is 0.408 e. The number of pyridine rings is 1. The maximum atomic E-state index is 12.6. The van der Waals surface area contributed by atoms with E-state index in [2.05, 4.69) is 62.6 Å². The van der Waals surface area contributed by atoms with Crippen molar-refractivity contribution in [2.45, 2.75) is 51.2 Å². The Morgan fingerprint density at radius 1 is 0.950 bits per heavy atom. The zero-order valence-electron chi connectivity index (χ0n) is 22.7. The van der Waals surface area contributed by atoms with Crippen LogP contribution in [0.15, 0.2) is 89.8 Å². The number of nitrogens with zero attached hydrogens (tertiary/aromatic N) is 4. The molecule has 2 aromatic carbocycles. The number of carbonyl (C=O) groups is 1. The van der Waals surface area contributed by atoms with Crippen molar-refractivity contribution >= 4 is 27.7 Å². The second kappa shape index (κ2) is 10.2. The summed E-state index contributed by atoms with van der Waals surface area (Å²) in [7, 11) is 0. The van der Waals surface area contributed by atoms with Crippen molar-refractivity contribution in [2.24, 2.45) is 0 Å². The Morgan fingerprint density at radius 3 is 2.27 bits per heavy atom. The minimum absolute atomic E-state index is 0.386. The van der Waals surface area contributed by atoms with Gasteiger partial charge in [-0.15, -0.1) is 0 Å². The number of halogens is 1. The summed E-state index contributed by atoms with van der Waals surface area (Å²) in [5, 5.41) is 7.97. The van der Waals surface area contributed by atoms with Crippen molar-refractivity contribution in [2.75, 3.05) is 0 Å². The molecule has 0 unspecified atom stereocenters. The van der Waals surface area contributed by atoms with Gasteiger partial charge in [0, 0.05) is 29.1 Å². The van der Waals surface area contributed by atoms with Gasteiger partial charge in [-0.2, -0.15) is 5.10 Å². The van der Waals surface area contributed by atoms with Gasteiger partial charge in [0.15, 0.2) is 5.65 Å². The first-order chi connectivity index (χ1) is 19.2. The van der Waals surface area contributed by atoms with Crippen LogP contribution in [0.25, 0.3) is 39.3 Å². The van der Waals surface area contributed by atoms with Crippen molar-refractivity contribution in [1.29, 1.82) is 0 Å². The summed E-state index contributed by atoms with van der Waals surface area (Å²) < 4.78 is 8.19. The highest BCUT2D eigenvalue weighted by molar-refractivity contribution is 9.10. The Morgan fingerprint density at radius 2 is 1.65 bits per heavy atom. The largest absolute Gasteiger partial charge is 0.444 e. The van der Waals surface area contributed by atoms with Gasteiger partial charge in [0.25, 0.3) is 0 Å². The lowest BCUT2D eigenvalue weighted by atomic mass is 9.71. The van der Waals surface area contributed by atoms with Crippen molar-refractivity contribution in [3.63, 3.8) is 0 Å². The molecule has 3 aromatic heterocycles. The fourth-order valence-electron chi connectivity index (χ4n) is 5.25. The topological polar surface area (TPSA) is 81.4 Å². The third kappa shape index (κ3) is 4.99. The number of aromatic nitrogens is 4. The van der Waals surface area contributed by atoms with Crippen LogP contribution in [0.3, 0.4) is 0 Å². The van der Waals surface area contributed by atoms with E-state index in [4.69, 9.17) is 14.8 Å². The van der Waals surface area contributed by atoms with Gasteiger partial charge in [-0.1, -0.05) is 54.6 Å². The first kappa shape index (κ1) is 26.2. The molecular weight excluding hydrogens is 566 g/mol. The van der Waals surface area contributed by atoms with Crippen LogP contribution in [0, 0.1) is 0 Å². The molecule has 0 atom stereocenters. The minimum atomic E-state index is -0.548. The molecule has 5 aromatic rings. The van der Waals surface area contributed by atoms with Crippen LogP contribution in [-0.4, -0.2) is 31.3 Å². The lowest BCUT2D eigenvalue weighted by Gasteiger charge is -2.43. The van der Waals surface area contributed by atoms with Crippen LogP contribution < -0.4 is 5.32 Å². The lowest BCUT2D eigenvalue weighted by molar-refractivity contribution is 0.0377. The van der Waals surface area contributed by atoms with Gasteiger partial charge in [0.05, 0.1) is 11.2 Å². The van der Waals surface area contributed by atoms with E-state index in [1.54, 1.807) is 12.4 Å². The van der Waals surface area contributed by atoms with E-state index in [1.807, 2.05) is 61.7 Å². The van der Waals surface area contributed by atoms with Gasteiger partial charge in [-0.25, -0.2) is 14.3 Å². The Kier molecular flexibility index (Phi) is 6.66. The number of hydrogen-bond acceptors (Lipinski definition) is 5. The number of imidazole rings is 1. The summed E-state index contributed by atoms with van der Waals surface area (Å²) in [6.07, 6.45) is 5.99. The molecule has 0 bridgehead atoms. The Labute approximate surface area is 241 Å². The molecule has 202 valence electrons. The molecule has 0 saturated heterocycles. The van der Waals surface area contributed by atoms with Crippen molar-refractivity contribution in [3.05, 3.63) is 95.4 Å². The number of hydrogen-bond donors (Lipinski definition) is 1. The van der Waals surface area contributed by atoms with Crippen LogP contribution in [-0.2, 0) is 10.3 Å². The van der Waals surface area contributed by atoms with Crippen molar-refractivity contribution in [3.8, 4) is 33.6 Å². The molecular formula is C32H30BrN5O2. The summed E-state index contributed by atoms with van der Waals surface area (Å²) >= 11 is 3.62. The summed E-state index contributed by atoms with van der Waals surface area (Å²) in [5.41, 5.74) is 6.56. The molecule has 40 heavy (non-hydrogen) atoms. The number of alkyl carbamates (subject to hydrolysis) is 1. The quantitative estimate of drug-likeness (QED) is 0.224. The zero-order valence-corrected chi connectivity index (χ0v) is 24.3. The molecule has 0 aliphatic heterocycles. The summed E-state index contributed by atoms with van der Waals surface area (Å²) in [4.78, 5) is 22.0. The number of carbonyl (C=O) groups excluding carboxylic acids is 1. The normalized spacial score (nSPS) is 14.5. The fourth-order valence-corrected chi connectivity index (χ4v) is 5.64. The first-order valence-corrected chi connectivity index (χ1v) is 14.2. The molecule has 1 aliphatic carbocycles. The van der Waals surface area contributed by atoms with Gasteiger partial charge < -0.3 is 10.1 Å². The minimum Gasteiger partial charge on any atom is -0.444 e. The maximum absolute atomic E-state index is 12.6. The predicted molar refractivity (Wildman–Crippen MR) is 160 cm³/mol. The molecule has 1 amide bonds. The third-order valence-corrected chi connectivity index (χ3v) is 7.64. The van der Waals surface area contributed by atoms with Gasteiger partial charge in [-0.3, -0.25) is 4.98 Å². The first-order valence-electron chi connectivity index (χ1n) is 13.4. The molecule has 1 fully saturated rings. The fraction of sp³-hybridized carbons (Fsp3) is 0.250. The number of benzene rings is 2. The third-order valence-electron chi connectivity index (χ3n) is 7.25. The Bertz CT molecular complexity index is 1670. The zero-order chi connectivity index (χ0) is 27.9. The van der Waals surface area contributed by atoms with E-state index in [9.17, 15) is 4.79 Å². The standard InChI is InChI=1S/C32H30BrN5O2/c1-31(2,3)40-30(39)36-32(16-7-17-32)24-12-10-22(11-13-24)27-28(23-8-5-4-6-9-23)38-29(35-27)25(20-26(33)37-38)21-14-18-34-19-15-21/h4-6,8-15,18-20H,7,16-17H2,1-3H3,(H,36,39). The predicted octanol–water partition coefficient (Wildman–Crippen LogP) is 7.79. The van der Waals surface area contributed by atoms with Gasteiger partial charge in [0.1, 0.15) is 15.9 Å². The molecule has 3 heterocycles. The van der Waals surface area contributed by atoms with E-state index in [0.29, 0.717) is 4.60 Å². The Balaban J connectivity index is 1.45. The number of ether oxygens (including phenoxy) is 1. The summed E-state index contributed by atoms with van der Waals surface area (Å²) in [5.74, 6) is 0. The van der Waals surface area contributed by atoms with Crippen LogP contribution in [0.2, 0.25) is 0 Å². The van der Waals surface area contributed by atoms with Crippen LogP contribution >= 0.6 is 15.9 Å². The molecule has 0 spiro atoms. The molecule has 1 N–H and O–H groups in total. The smallest absolute Gasteiger partial charge is 0.408 e. The number of rotatable bonds is 5. The average molecular weight is 597 g/mol. The second-order valence-corrected chi connectivity index (χ2v) is 12.0. The van der Waals surface area contributed by atoms with Gasteiger partial charge in [0.2, 0.25) is 0 Å². The number of fused-ring (bicyclic) bond motifs is 1. The van der Waals surface area contributed by atoms with E-state index in [-0.39, 0.29) is 6.09 Å². The van der Waals surface area contributed by atoms with Gasteiger partial charge in [-0.05, 0) is 85.3 Å². The van der Waals surface area contributed by atoms with Gasteiger partial charge >= 0.3 is 6.09 Å². The highest BCUT2D eigenvalue weighted by Crippen LogP contribution is 2.43. The SMILES string of the molecule is CC(C)(C)OC(=O)NC1(c2ccc(-c3nc4c(-c5ccncc5)cc(Br)nn4c3-c3ccccc3)cc2)CCC1. The van der Waals surface area contributed by atoms with Crippen molar-refractivity contribution in [1.82, 2.24) is 24.9 Å².